The average molecular weight is 873 g/mol. The molecule has 0 saturated heterocycles. The number of benzene rings is 2. The third-order valence-corrected chi connectivity index (χ3v) is 19.4. The maximum absolute atomic E-state index is 2.68. The van der Waals surface area contributed by atoms with Crippen LogP contribution in [0.25, 0.3) is 51.2 Å². The second-order valence-corrected chi connectivity index (χ2v) is 23.0. The molecule has 2 aliphatic carbocycles. The van der Waals surface area contributed by atoms with Crippen molar-refractivity contribution in [1.29, 1.82) is 0 Å². The highest BCUT2D eigenvalue weighted by Gasteiger charge is 2.47. The van der Waals surface area contributed by atoms with Crippen LogP contribution in [0.1, 0.15) is 202 Å². The zero-order valence-corrected chi connectivity index (χ0v) is 41.2. The van der Waals surface area contributed by atoms with Crippen molar-refractivity contribution < 1.29 is 0 Å². The fourth-order valence-electron chi connectivity index (χ4n) is 11.1. The van der Waals surface area contributed by atoms with Gasteiger partial charge < -0.3 is 0 Å². The Labute approximate surface area is 380 Å². The molecule has 0 spiro atoms. The van der Waals surface area contributed by atoms with Crippen molar-refractivity contribution in [2.75, 3.05) is 0 Å². The van der Waals surface area contributed by atoms with Crippen LogP contribution >= 0.6 is 45.3 Å². The third-order valence-electron chi connectivity index (χ3n) is 14.4. The Kier molecular flexibility index (Phi) is 14.6. The van der Waals surface area contributed by atoms with Gasteiger partial charge in [0.05, 0.1) is 0 Å². The summed E-state index contributed by atoms with van der Waals surface area (Å²) in [5.41, 5.74) is 9.90. The van der Waals surface area contributed by atoms with Gasteiger partial charge in [-0.2, -0.15) is 0 Å². The number of aryl methyl sites for hydroxylation is 2. The predicted molar refractivity (Wildman–Crippen MR) is 273 cm³/mol. The lowest BCUT2D eigenvalue weighted by atomic mass is 9.70. The van der Waals surface area contributed by atoms with Crippen molar-refractivity contribution in [1.82, 2.24) is 0 Å². The van der Waals surface area contributed by atoms with E-state index in [0.29, 0.717) is 0 Å². The molecule has 4 heterocycles. The van der Waals surface area contributed by atoms with Crippen molar-refractivity contribution in [3.8, 4) is 40.4 Å². The molecule has 0 aliphatic heterocycles. The summed E-state index contributed by atoms with van der Waals surface area (Å²) in [6.45, 7) is 14.2. The lowest BCUT2D eigenvalue weighted by Gasteiger charge is -2.33. The summed E-state index contributed by atoms with van der Waals surface area (Å²) in [5.74, 6) is 0. The van der Waals surface area contributed by atoms with Gasteiger partial charge in [0.2, 0.25) is 0 Å². The second-order valence-electron chi connectivity index (χ2n) is 18.5. The fourth-order valence-corrected chi connectivity index (χ4v) is 16.0. The Morgan fingerprint density at radius 3 is 1.10 bits per heavy atom. The number of rotatable bonds is 24. The minimum absolute atomic E-state index is 0.0968. The largest absolute Gasteiger partial charge is 0.139 e. The van der Waals surface area contributed by atoms with Crippen LogP contribution in [0.3, 0.4) is 0 Å². The minimum atomic E-state index is 0.0968. The molecule has 0 radical (unpaired) electrons. The van der Waals surface area contributed by atoms with E-state index in [-0.39, 0.29) is 10.8 Å². The molecule has 0 nitrogen and oxygen atoms in total. The van der Waals surface area contributed by atoms with Gasteiger partial charge in [0.25, 0.3) is 0 Å². The van der Waals surface area contributed by atoms with Crippen LogP contribution < -0.4 is 0 Å². The minimum Gasteiger partial charge on any atom is -0.139 e. The van der Waals surface area contributed by atoms with Crippen molar-refractivity contribution in [2.45, 2.75) is 194 Å². The van der Waals surface area contributed by atoms with Crippen LogP contribution in [0.2, 0.25) is 0 Å². The van der Waals surface area contributed by atoms with E-state index < -0.39 is 0 Å². The molecule has 4 heteroatoms. The summed E-state index contributed by atoms with van der Waals surface area (Å²) in [5, 5.41) is 3.01. The van der Waals surface area contributed by atoms with Crippen LogP contribution in [-0.4, -0.2) is 0 Å². The van der Waals surface area contributed by atoms with Gasteiger partial charge in [-0.05, 0) is 121 Å². The standard InChI is InChI=1S/C56H72S4/c1-7-13-19-21-23-39-25-31-47(57-39)49-37-45-53(59-49)51-41-27-30-44-52(42(41)28-29-43(51)55(45,33-15-9-3)34-16-10-4)54-46(56(44,35-17-11-5)36-18-12-6)38-50(60-54)48-32-26-40(58-48)24-22-20-14-8-2/h25-32,37-38H,7-24,33-36H2,1-6H3. The van der Waals surface area contributed by atoms with Crippen LogP contribution in [0, 0.1) is 0 Å². The van der Waals surface area contributed by atoms with E-state index in [9.17, 15) is 0 Å². The molecule has 0 fully saturated rings. The van der Waals surface area contributed by atoms with Gasteiger partial charge in [0, 0.05) is 61.0 Å². The zero-order chi connectivity index (χ0) is 41.7. The van der Waals surface area contributed by atoms with Gasteiger partial charge >= 0.3 is 0 Å². The molecule has 8 rings (SSSR count). The van der Waals surface area contributed by atoms with E-state index in [1.165, 1.54) is 172 Å². The Bertz CT molecular complexity index is 2160. The van der Waals surface area contributed by atoms with Crippen molar-refractivity contribution in [2.24, 2.45) is 0 Å². The monoisotopic (exact) mass is 872 g/mol. The number of hydrogen-bond donors (Lipinski definition) is 0. The maximum atomic E-state index is 2.68. The molecular formula is C56H72S4. The van der Waals surface area contributed by atoms with E-state index in [1.54, 1.807) is 52.9 Å². The maximum Gasteiger partial charge on any atom is 0.0452 e. The molecule has 60 heavy (non-hydrogen) atoms. The summed E-state index contributed by atoms with van der Waals surface area (Å²) < 4.78 is 0. The van der Waals surface area contributed by atoms with Crippen LogP contribution in [0.5, 0.6) is 0 Å². The first-order chi connectivity index (χ1) is 29.5. The molecule has 4 aromatic heterocycles. The summed E-state index contributed by atoms with van der Waals surface area (Å²) in [4.78, 5) is 12.2. The predicted octanol–water partition coefficient (Wildman–Crippen LogP) is 20.0. The second kappa shape index (κ2) is 19.9. The summed E-state index contributed by atoms with van der Waals surface area (Å²) in [7, 11) is 0. The first kappa shape index (κ1) is 44.1. The first-order valence-electron chi connectivity index (χ1n) is 24.5. The van der Waals surface area contributed by atoms with Crippen LogP contribution in [0.4, 0.5) is 0 Å². The lowest BCUT2D eigenvalue weighted by molar-refractivity contribution is 0.415. The quantitative estimate of drug-likeness (QED) is 0.0532. The van der Waals surface area contributed by atoms with Gasteiger partial charge in [-0.1, -0.05) is 156 Å². The average Bonchev–Trinajstić information content (AvgIpc) is 4.13. The van der Waals surface area contributed by atoms with E-state index >= 15 is 0 Å². The van der Waals surface area contributed by atoms with Gasteiger partial charge in [-0.25, -0.2) is 0 Å². The molecule has 320 valence electrons. The smallest absolute Gasteiger partial charge is 0.0452 e. The molecule has 0 saturated carbocycles. The van der Waals surface area contributed by atoms with Crippen molar-refractivity contribution in [3.05, 3.63) is 92.7 Å². The molecule has 2 aliphatic rings. The normalized spacial score (nSPS) is 14.6. The number of unbranched alkanes of at least 4 members (excludes halogenated alkanes) is 10. The lowest BCUT2D eigenvalue weighted by Crippen LogP contribution is -2.25. The van der Waals surface area contributed by atoms with E-state index in [4.69, 9.17) is 0 Å². The van der Waals surface area contributed by atoms with E-state index in [0.717, 1.165) is 0 Å². The first-order valence-corrected chi connectivity index (χ1v) is 27.8. The molecule has 0 amide bonds. The van der Waals surface area contributed by atoms with Crippen molar-refractivity contribution in [3.63, 3.8) is 0 Å². The number of thiophene rings is 4. The van der Waals surface area contributed by atoms with Gasteiger partial charge in [0.1, 0.15) is 0 Å². The van der Waals surface area contributed by atoms with Gasteiger partial charge in [0.15, 0.2) is 0 Å². The Morgan fingerprint density at radius 2 is 0.733 bits per heavy atom. The molecule has 0 atom stereocenters. The Hall–Kier alpha value is -2.50. The molecule has 6 aromatic rings. The topological polar surface area (TPSA) is 0 Å². The fraction of sp³-hybridized carbons (Fsp3) is 0.536. The highest BCUT2D eigenvalue weighted by atomic mass is 32.1. The molecule has 2 aromatic carbocycles. The molecule has 0 unspecified atom stereocenters. The Morgan fingerprint density at radius 1 is 0.350 bits per heavy atom. The highest BCUT2D eigenvalue weighted by molar-refractivity contribution is 7.24. The number of hydrogen-bond acceptors (Lipinski definition) is 4. The number of fused-ring (bicyclic) bond motifs is 9. The molecule has 0 bridgehead atoms. The summed E-state index contributed by atoms with van der Waals surface area (Å²) >= 11 is 8.35. The SMILES string of the molecule is CCCCCCc1ccc(-c2cc3c(s2)-c2c(ccc4c5c(ccc24)C(CCCC)(CCCC)c2cc(-c4ccc(CCCCCC)s4)sc2-5)C3(CCCC)CCCC)s1. The van der Waals surface area contributed by atoms with E-state index in [2.05, 4.69) is 148 Å². The van der Waals surface area contributed by atoms with Gasteiger partial charge in [-0.3, -0.25) is 0 Å². The summed E-state index contributed by atoms with van der Waals surface area (Å²) in [6.07, 6.45) is 28.2. The molecule has 0 N–H and O–H groups in total. The Balaban J connectivity index is 1.28. The zero-order valence-electron chi connectivity index (χ0n) is 38.0. The van der Waals surface area contributed by atoms with E-state index in [1.807, 2.05) is 0 Å². The van der Waals surface area contributed by atoms with Crippen molar-refractivity contribution >= 4 is 56.1 Å². The molecular weight excluding hydrogens is 801 g/mol. The highest BCUT2D eigenvalue weighted by Crippen LogP contribution is 2.64. The van der Waals surface area contributed by atoms with Gasteiger partial charge in [-0.15, -0.1) is 45.3 Å². The van der Waals surface area contributed by atoms with Crippen LogP contribution in [-0.2, 0) is 23.7 Å². The van der Waals surface area contributed by atoms with Crippen LogP contribution in [0.15, 0.2) is 60.7 Å². The summed E-state index contributed by atoms with van der Waals surface area (Å²) in [6, 6.07) is 25.6. The third kappa shape index (κ3) is 8.23.